The van der Waals surface area contributed by atoms with Crippen molar-refractivity contribution in [1.29, 1.82) is 0 Å². The summed E-state index contributed by atoms with van der Waals surface area (Å²) in [4.78, 5) is 23.5. The molecule has 6 N–H and O–H groups in total. The van der Waals surface area contributed by atoms with Crippen LogP contribution in [0.5, 0.6) is 5.88 Å². The number of nitrogens with two attached hydrogens (primary N) is 1. The summed E-state index contributed by atoms with van der Waals surface area (Å²) in [5, 5.41) is 29.4. The van der Waals surface area contributed by atoms with Gasteiger partial charge in [-0.2, -0.15) is 0 Å². The lowest BCUT2D eigenvalue weighted by atomic mass is 9.91. The van der Waals surface area contributed by atoms with Crippen LogP contribution in [0.1, 0.15) is 28.6 Å². The van der Waals surface area contributed by atoms with Gasteiger partial charge in [-0.3, -0.25) is 9.83 Å². The van der Waals surface area contributed by atoms with Gasteiger partial charge in [-0.05, 0) is 30.7 Å². The van der Waals surface area contributed by atoms with Gasteiger partial charge in [0, 0.05) is 18.1 Å². The molecule has 0 spiro atoms. The van der Waals surface area contributed by atoms with Crippen LogP contribution in [-0.4, -0.2) is 74.4 Å². The molecule has 2 aromatic heterocycles. The van der Waals surface area contributed by atoms with E-state index in [0.29, 0.717) is 46.1 Å². The van der Waals surface area contributed by atoms with E-state index in [1.165, 1.54) is 19.2 Å². The Morgan fingerprint density at radius 2 is 1.95 bits per heavy atom. The maximum absolute atomic E-state index is 14.4. The molecule has 5 rings (SSSR count). The van der Waals surface area contributed by atoms with E-state index in [9.17, 15) is 19.7 Å². The van der Waals surface area contributed by atoms with Gasteiger partial charge in [0.1, 0.15) is 30.7 Å². The van der Waals surface area contributed by atoms with Crippen molar-refractivity contribution in [2.75, 3.05) is 19.5 Å². The minimum Gasteiger partial charge on any atom is -0.481 e. The number of nitrogen functional groups attached to an aromatic ring is 1. The number of aryl methyl sites for hydroxylation is 1. The summed E-state index contributed by atoms with van der Waals surface area (Å²) >= 11 is 0. The fourth-order valence-electron chi connectivity index (χ4n) is 4.60. The zero-order valence-electron chi connectivity index (χ0n) is 20.6. The highest BCUT2D eigenvalue weighted by Gasteiger charge is 2.42. The molecule has 0 saturated carbocycles. The number of rotatable bonds is 6. The van der Waals surface area contributed by atoms with Crippen molar-refractivity contribution in [3.05, 3.63) is 64.7 Å². The van der Waals surface area contributed by atoms with Crippen LogP contribution in [0, 0.1) is 12.7 Å². The van der Waals surface area contributed by atoms with Gasteiger partial charge in [-0.15, -0.1) is 0 Å². The number of aliphatic hydroxyl groups excluding tert-OH is 3. The molecule has 0 aliphatic carbocycles. The Balaban J connectivity index is 1.49. The van der Waals surface area contributed by atoms with Crippen molar-refractivity contribution in [3.63, 3.8) is 0 Å². The molecule has 5 atom stereocenters. The Bertz CT molecular complexity index is 1370. The summed E-state index contributed by atoms with van der Waals surface area (Å²) < 4.78 is 24.7. The standard InChI is InChI=1S/C25H27FN6O6/c1-11-20-17(31-25(27)28-11)9-16(30-23(20)32-37-10-18-21(33)22(34)24(35)38-18)13-7-6-12(26)8-14(13)15-4-3-5-19(29-15)36-2/h3-8,16,18,21-22,24,33-35H,9-10H2,1-2H3,(H,30,32)(H2,27,28,31)/t16-,18-,21-,22-,24-/m1/s1. The lowest BCUT2D eigenvalue weighted by Gasteiger charge is -2.26. The summed E-state index contributed by atoms with van der Waals surface area (Å²) in [7, 11) is 1.50. The van der Waals surface area contributed by atoms with Crippen molar-refractivity contribution in [1.82, 2.24) is 20.4 Å². The van der Waals surface area contributed by atoms with E-state index in [1.807, 2.05) is 0 Å². The molecule has 0 unspecified atom stereocenters. The number of aliphatic imine (C=N–C) groups is 1. The first kappa shape index (κ1) is 25.9. The number of nitrogens with one attached hydrogen (secondary N) is 1. The Labute approximate surface area is 216 Å². The lowest BCUT2D eigenvalue weighted by Crippen LogP contribution is -2.38. The Hall–Kier alpha value is -3.75. The number of halogens is 1. The molecule has 12 nitrogen and oxygen atoms in total. The third-order valence-electron chi connectivity index (χ3n) is 6.43. The summed E-state index contributed by atoms with van der Waals surface area (Å²) in [6.45, 7) is 1.55. The summed E-state index contributed by atoms with van der Waals surface area (Å²) in [5.74, 6) is 0.337. The fraction of sp³-hybridized carbons (Fsp3) is 0.360. The van der Waals surface area contributed by atoms with Crippen LogP contribution >= 0.6 is 0 Å². The number of fused-ring (bicyclic) bond motifs is 1. The van der Waals surface area contributed by atoms with Crippen molar-refractivity contribution >= 4 is 11.8 Å². The van der Waals surface area contributed by atoms with Crippen LogP contribution in [0.2, 0.25) is 0 Å². The summed E-state index contributed by atoms with van der Waals surface area (Å²) in [5.41, 5.74) is 12.2. The molecule has 0 radical (unpaired) electrons. The SMILES string of the molecule is COc1cccc(-c2cc(F)ccc2[C@H]2Cc3nc(N)nc(C)c3C(NOC[C@H]3O[C@@H](O)[C@H](O)[C@@H]3O)=N2)n1. The Morgan fingerprint density at radius 1 is 1.13 bits per heavy atom. The van der Waals surface area contributed by atoms with Crippen molar-refractivity contribution in [2.45, 2.75) is 44.0 Å². The Morgan fingerprint density at radius 3 is 2.68 bits per heavy atom. The van der Waals surface area contributed by atoms with Gasteiger partial charge in [0.2, 0.25) is 11.8 Å². The van der Waals surface area contributed by atoms with Gasteiger partial charge in [0.25, 0.3) is 0 Å². The van der Waals surface area contributed by atoms with E-state index in [2.05, 4.69) is 20.4 Å². The van der Waals surface area contributed by atoms with Crippen molar-refractivity contribution in [2.24, 2.45) is 4.99 Å². The quantitative estimate of drug-likeness (QED) is 0.284. The van der Waals surface area contributed by atoms with Crippen molar-refractivity contribution in [3.8, 4) is 17.1 Å². The van der Waals surface area contributed by atoms with Gasteiger partial charge in [0.15, 0.2) is 12.1 Å². The molecule has 4 heterocycles. The van der Waals surface area contributed by atoms with Gasteiger partial charge >= 0.3 is 0 Å². The smallest absolute Gasteiger partial charge is 0.220 e. The number of aliphatic hydroxyl groups is 3. The van der Waals surface area contributed by atoms with Crippen LogP contribution in [0.3, 0.4) is 0 Å². The van der Waals surface area contributed by atoms with E-state index < -0.39 is 36.5 Å². The highest BCUT2D eigenvalue weighted by Crippen LogP contribution is 2.36. The number of benzene rings is 1. The average molecular weight is 527 g/mol. The second-order valence-electron chi connectivity index (χ2n) is 8.94. The minimum absolute atomic E-state index is 0.0985. The normalized spacial score (nSPS) is 24.6. The number of methoxy groups -OCH3 is 1. The number of hydrogen-bond donors (Lipinski definition) is 5. The molecule has 38 heavy (non-hydrogen) atoms. The number of hydrogen-bond acceptors (Lipinski definition) is 12. The lowest BCUT2D eigenvalue weighted by molar-refractivity contribution is -0.140. The first-order chi connectivity index (χ1) is 18.2. The van der Waals surface area contributed by atoms with Crippen LogP contribution in [0.15, 0.2) is 41.4 Å². The van der Waals surface area contributed by atoms with Gasteiger partial charge < -0.3 is 30.5 Å². The molecule has 0 amide bonds. The first-order valence-corrected chi connectivity index (χ1v) is 11.8. The molecular weight excluding hydrogens is 499 g/mol. The molecule has 3 aromatic rings. The average Bonchev–Trinajstić information content (AvgIpc) is 3.14. The topological polar surface area (TPSA) is 177 Å². The van der Waals surface area contributed by atoms with E-state index >= 15 is 0 Å². The number of aromatic nitrogens is 3. The highest BCUT2D eigenvalue weighted by atomic mass is 19.1. The molecule has 200 valence electrons. The third-order valence-corrected chi connectivity index (χ3v) is 6.43. The maximum atomic E-state index is 14.4. The van der Waals surface area contributed by atoms with Crippen LogP contribution in [-0.2, 0) is 16.0 Å². The molecule has 1 fully saturated rings. The monoisotopic (exact) mass is 526 g/mol. The van der Waals surface area contributed by atoms with Crippen molar-refractivity contribution < 1.29 is 34.0 Å². The molecule has 2 aliphatic heterocycles. The zero-order valence-corrected chi connectivity index (χ0v) is 20.6. The number of ether oxygens (including phenoxy) is 2. The number of nitrogens with zero attached hydrogens (tertiary/aromatic N) is 4. The number of hydroxylamine groups is 1. The minimum atomic E-state index is -1.52. The molecule has 13 heteroatoms. The number of pyridine rings is 1. The predicted octanol–water partition coefficient (Wildman–Crippen LogP) is 0.581. The van der Waals surface area contributed by atoms with Gasteiger partial charge in [0.05, 0.1) is 35.8 Å². The number of anilines is 1. The summed E-state index contributed by atoms with van der Waals surface area (Å²) in [6, 6.07) is 9.07. The molecule has 1 aromatic carbocycles. The third kappa shape index (κ3) is 5.01. The number of amidine groups is 1. The molecular formula is C25H27FN6O6. The van der Waals surface area contributed by atoms with Crippen LogP contribution < -0.4 is 16.0 Å². The second kappa shape index (κ2) is 10.6. The fourth-order valence-corrected chi connectivity index (χ4v) is 4.60. The summed E-state index contributed by atoms with van der Waals surface area (Å²) in [6.07, 6.45) is -4.92. The van der Waals surface area contributed by atoms with E-state index in [1.54, 1.807) is 31.2 Å². The zero-order chi connectivity index (χ0) is 27.0. The van der Waals surface area contributed by atoms with E-state index in [4.69, 9.17) is 25.0 Å². The molecule has 0 bridgehead atoms. The van der Waals surface area contributed by atoms with E-state index in [-0.39, 0.29) is 18.4 Å². The Kier molecular flexibility index (Phi) is 7.19. The van der Waals surface area contributed by atoms with Crippen LogP contribution in [0.25, 0.3) is 11.3 Å². The van der Waals surface area contributed by atoms with E-state index in [0.717, 1.165) is 0 Å². The molecule has 2 aliphatic rings. The van der Waals surface area contributed by atoms with Crippen LogP contribution in [0.4, 0.5) is 10.3 Å². The largest absolute Gasteiger partial charge is 0.481 e. The predicted molar refractivity (Wildman–Crippen MR) is 132 cm³/mol. The maximum Gasteiger partial charge on any atom is 0.220 e. The highest BCUT2D eigenvalue weighted by molar-refractivity contribution is 6.01. The second-order valence-corrected chi connectivity index (χ2v) is 8.94. The van der Waals surface area contributed by atoms with Gasteiger partial charge in [-0.1, -0.05) is 12.1 Å². The van der Waals surface area contributed by atoms with Gasteiger partial charge in [-0.25, -0.2) is 24.8 Å². The first-order valence-electron chi connectivity index (χ1n) is 11.8. The molecule has 1 saturated heterocycles.